The van der Waals surface area contributed by atoms with E-state index in [2.05, 4.69) is 28.9 Å². The van der Waals surface area contributed by atoms with E-state index in [9.17, 15) is 0 Å². The van der Waals surface area contributed by atoms with Crippen molar-refractivity contribution in [2.75, 3.05) is 13.1 Å². The van der Waals surface area contributed by atoms with Crippen LogP contribution in [0.4, 0.5) is 0 Å². The van der Waals surface area contributed by atoms with Crippen molar-refractivity contribution in [2.24, 2.45) is 4.99 Å². The van der Waals surface area contributed by atoms with Crippen LogP contribution in [0.25, 0.3) is 15.8 Å². The van der Waals surface area contributed by atoms with E-state index in [1.807, 2.05) is 35.2 Å². The van der Waals surface area contributed by atoms with Gasteiger partial charge in [0.05, 0.1) is 17.1 Å². The van der Waals surface area contributed by atoms with Crippen LogP contribution < -0.4 is 0 Å². The molecule has 0 saturated carbocycles. The van der Waals surface area contributed by atoms with Gasteiger partial charge in [-0.05, 0) is 36.1 Å². The lowest BCUT2D eigenvalue weighted by atomic mass is 10.2. The Morgan fingerprint density at radius 3 is 3.00 bits per heavy atom. The Labute approximate surface area is 147 Å². The molecule has 0 radical (unpaired) electrons. The van der Waals surface area contributed by atoms with Gasteiger partial charge >= 0.3 is 0 Å². The Hall–Kier alpha value is -0.490. The Bertz CT molecular complexity index is 766. The second kappa shape index (κ2) is 5.95. The third-order valence-electron chi connectivity index (χ3n) is 3.58. The maximum atomic E-state index is 6.09. The van der Waals surface area contributed by atoms with Crippen molar-refractivity contribution in [3.8, 4) is 0 Å². The van der Waals surface area contributed by atoms with Crippen molar-refractivity contribution >= 4 is 72.6 Å². The standard InChI is InChI=1S/C15H13ClN2S2.BrH/c1-2-11-14(18-6-5-17-15(18)20-11)13-8-9-7-10(16)3-4-12(9)19-13;/h3-4,7-8H,2,5-6H2,1H3;1H. The number of aliphatic imine (C=N–C) groups is 1. The highest BCUT2D eigenvalue weighted by Crippen LogP contribution is 2.45. The highest BCUT2D eigenvalue weighted by Gasteiger charge is 2.32. The van der Waals surface area contributed by atoms with Crippen LogP contribution in [0.1, 0.15) is 18.2 Å². The number of amidine groups is 1. The number of allylic oxidation sites excluding steroid dienone is 1. The number of thiophene rings is 1. The monoisotopic (exact) mass is 400 g/mol. The Morgan fingerprint density at radius 2 is 2.19 bits per heavy atom. The summed E-state index contributed by atoms with van der Waals surface area (Å²) in [5, 5.41) is 3.21. The minimum Gasteiger partial charge on any atom is -0.317 e. The smallest absolute Gasteiger partial charge is 0.168 e. The molecular weight excluding hydrogens is 388 g/mol. The molecular formula is C15H14BrClN2S2. The third-order valence-corrected chi connectivity index (χ3v) is 6.20. The molecule has 1 aromatic carbocycles. The minimum atomic E-state index is 0. The number of halogens is 2. The van der Waals surface area contributed by atoms with Crippen LogP contribution in [-0.2, 0) is 0 Å². The predicted molar refractivity (Wildman–Crippen MR) is 101 cm³/mol. The normalized spacial score (nSPS) is 17.2. The average molecular weight is 402 g/mol. The van der Waals surface area contributed by atoms with Crippen LogP contribution in [0.3, 0.4) is 0 Å². The summed E-state index contributed by atoms with van der Waals surface area (Å²) in [4.78, 5) is 9.72. The van der Waals surface area contributed by atoms with E-state index in [1.54, 1.807) is 0 Å². The van der Waals surface area contributed by atoms with Gasteiger partial charge in [0.25, 0.3) is 0 Å². The Morgan fingerprint density at radius 1 is 1.33 bits per heavy atom. The first-order valence-electron chi connectivity index (χ1n) is 6.68. The van der Waals surface area contributed by atoms with Crippen molar-refractivity contribution in [3.63, 3.8) is 0 Å². The fourth-order valence-corrected chi connectivity index (χ4v) is 5.17. The lowest BCUT2D eigenvalue weighted by Crippen LogP contribution is -2.19. The molecule has 4 rings (SSSR count). The molecule has 0 unspecified atom stereocenters. The molecule has 0 spiro atoms. The number of hydrogen-bond acceptors (Lipinski definition) is 4. The summed E-state index contributed by atoms with van der Waals surface area (Å²) in [5.41, 5.74) is 1.37. The summed E-state index contributed by atoms with van der Waals surface area (Å²) in [6.07, 6.45) is 1.06. The molecule has 0 atom stereocenters. The summed E-state index contributed by atoms with van der Waals surface area (Å²) in [5.74, 6) is 0. The zero-order valence-electron chi connectivity index (χ0n) is 11.4. The van der Waals surface area contributed by atoms with Crippen molar-refractivity contribution in [3.05, 3.63) is 39.1 Å². The summed E-state index contributed by atoms with van der Waals surface area (Å²) in [6.45, 7) is 4.14. The highest BCUT2D eigenvalue weighted by atomic mass is 79.9. The van der Waals surface area contributed by atoms with Crippen LogP contribution in [0.5, 0.6) is 0 Å². The van der Waals surface area contributed by atoms with E-state index < -0.39 is 0 Å². The van der Waals surface area contributed by atoms with Crippen LogP contribution in [0.15, 0.2) is 34.2 Å². The summed E-state index contributed by atoms with van der Waals surface area (Å²) < 4.78 is 1.29. The fraction of sp³-hybridized carbons (Fsp3) is 0.267. The molecule has 0 fully saturated rings. The van der Waals surface area contributed by atoms with Gasteiger partial charge in [-0.3, -0.25) is 4.99 Å². The first-order valence-corrected chi connectivity index (χ1v) is 8.70. The van der Waals surface area contributed by atoms with Gasteiger partial charge in [-0.1, -0.05) is 30.3 Å². The Kier molecular flexibility index (Phi) is 4.37. The summed E-state index contributed by atoms with van der Waals surface area (Å²) in [7, 11) is 0. The first kappa shape index (κ1) is 15.4. The number of nitrogens with zero attached hydrogens (tertiary/aromatic N) is 2. The molecule has 110 valence electrons. The second-order valence-corrected chi connectivity index (χ2v) is 7.42. The molecule has 0 amide bonds. The first-order chi connectivity index (χ1) is 9.76. The van der Waals surface area contributed by atoms with E-state index in [-0.39, 0.29) is 17.0 Å². The molecule has 2 aromatic rings. The molecule has 0 bridgehead atoms. The van der Waals surface area contributed by atoms with Gasteiger partial charge in [-0.15, -0.1) is 28.3 Å². The predicted octanol–water partition coefficient (Wildman–Crippen LogP) is 5.63. The van der Waals surface area contributed by atoms with Crippen LogP contribution in [0.2, 0.25) is 5.02 Å². The van der Waals surface area contributed by atoms with E-state index in [0.717, 1.165) is 24.5 Å². The topological polar surface area (TPSA) is 15.6 Å². The molecule has 0 aliphatic carbocycles. The van der Waals surface area contributed by atoms with Crippen molar-refractivity contribution < 1.29 is 0 Å². The fourth-order valence-electron chi connectivity index (χ4n) is 2.67. The molecule has 1 aromatic heterocycles. The molecule has 2 nitrogen and oxygen atoms in total. The van der Waals surface area contributed by atoms with Crippen LogP contribution in [0, 0.1) is 0 Å². The van der Waals surface area contributed by atoms with E-state index >= 15 is 0 Å². The van der Waals surface area contributed by atoms with Crippen molar-refractivity contribution in [1.82, 2.24) is 4.90 Å². The van der Waals surface area contributed by atoms with Crippen molar-refractivity contribution in [1.29, 1.82) is 0 Å². The number of rotatable bonds is 2. The Balaban J connectivity index is 0.00000132. The highest BCUT2D eigenvalue weighted by molar-refractivity contribution is 8.93. The van der Waals surface area contributed by atoms with Gasteiger partial charge in [0.15, 0.2) is 5.17 Å². The maximum absolute atomic E-state index is 6.09. The third kappa shape index (κ3) is 2.54. The van der Waals surface area contributed by atoms with E-state index in [1.165, 1.54) is 30.7 Å². The van der Waals surface area contributed by atoms with Gasteiger partial charge in [-0.2, -0.15) is 0 Å². The van der Waals surface area contributed by atoms with Gasteiger partial charge in [0.2, 0.25) is 0 Å². The van der Waals surface area contributed by atoms with Crippen LogP contribution in [-0.4, -0.2) is 23.2 Å². The van der Waals surface area contributed by atoms with E-state index in [0.29, 0.717) is 0 Å². The SMILES string of the molecule is Br.CCC1=C(c2cc3cc(Cl)ccc3s2)N2CCN=C2S1. The molecule has 3 heterocycles. The van der Waals surface area contributed by atoms with E-state index in [4.69, 9.17) is 11.6 Å². The molecule has 2 aliphatic heterocycles. The quantitative estimate of drug-likeness (QED) is 0.648. The van der Waals surface area contributed by atoms with Gasteiger partial charge in [-0.25, -0.2) is 0 Å². The lowest BCUT2D eigenvalue weighted by Gasteiger charge is -2.15. The second-order valence-electron chi connectivity index (χ2n) is 4.84. The maximum Gasteiger partial charge on any atom is 0.168 e. The molecule has 0 saturated heterocycles. The summed E-state index contributed by atoms with van der Waals surface area (Å²) >= 11 is 9.77. The van der Waals surface area contributed by atoms with Crippen LogP contribution >= 0.6 is 51.7 Å². The van der Waals surface area contributed by atoms with Gasteiger partial charge in [0, 0.05) is 21.2 Å². The minimum absolute atomic E-state index is 0. The van der Waals surface area contributed by atoms with Gasteiger partial charge in [0.1, 0.15) is 0 Å². The lowest BCUT2D eigenvalue weighted by molar-refractivity contribution is 0.648. The zero-order chi connectivity index (χ0) is 13.7. The van der Waals surface area contributed by atoms with Crippen molar-refractivity contribution in [2.45, 2.75) is 13.3 Å². The zero-order valence-corrected chi connectivity index (χ0v) is 15.5. The largest absolute Gasteiger partial charge is 0.317 e. The molecule has 0 N–H and O–H groups in total. The molecule has 2 aliphatic rings. The number of hydrogen-bond donors (Lipinski definition) is 0. The molecule has 6 heteroatoms. The number of fused-ring (bicyclic) bond motifs is 2. The molecule has 21 heavy (non-hydrogen) atoms. The van der Waals surface area contributed by atoms with Gasteiger partial charge < -0.3 is 4.90 Å². The summed E-state index contributed by atoms with van der Waals surface area (Å²) in [6, 6.07) is 8.38. The number of thioether (sulfide) groups is 1. The number of benzene rings is 1. The average Bonchev–Trinajstić information content (AvgIpc) is 3.09.